The SMILES string of the molecule is Cc1ncccc1-c1ccc(C(=O)CN2CC3(CCC(F)(F)CC3)OC2=O)cc1. The Morgan fingerprint density at radius 3 is 2.48 bits per heavy atom. The quantitative estimate of drug-likeness (QED) is 0.702. The predicted octanol–water partition coefficient (Wildman–Crippen LogP) is 4.64. The van der Waals surface area contributed by atoms with Crippen LogP contribution in [0.3, 0.4) is 0 Å². The van der Waals surface area contributed by atoms with Crippen molar-refractivity contribution in [3.63, 3.8) is 0 Å². The van der Waals surface area contributed by atoms with Crippen molar-refractivity contribution in [2.24, 2.45) is 0 Å². The first-order chi connectivity index (χ1) is 13.8. The lowest BCUT2D eigenvalue weighted by molar-refractivity contribution is -0.0910. The van der Waals surface area contributed by atoms with E-state index in [0.717, 1.165) is 16.8 Å². The summed E-state index contributed by atoms with van der Waals surface area (Å²) in [5.41, 5.74) is 2.44. The van der Waals surface area contributed by atoms with Gasteiger partial charge in [-0.3, -0.25) is 14.7 Å². The molecule has 1 amide bonds. The number of hydrogen-bond acceptors (Lipinski definition) is 4. The summed E-state index contributed by atoms with van der Waals surface area (Å²) in [5, 5.41) is 0. The van der Waals surface area contributed by atoms with Gasteiger partial charge in [-0.2, -0.15) is 0 Å². The van der Waals surface area contributed by atoms with Crippen LogP contribution >= 0.6 is 0 Å². The molecule has 1 spiro atoms. The average molecular weight is 400 g/mol. The number of benzene rings is 1. The van der Waals surface area contributed by atoms with Gasteiger partial charge in [-0.15, -0.1) is 0 Å². The fourth-order valence-electron chi connectivity index (χ4n) is 4.04. The summed E-state index contributed by atoms with van der Waals surface area (Å²) in [6.07, 6.45) is 0.775. The number of rotatable bonds is 4. The summed E-state index contributed by atoms with van der Waals surface area (Å²) < 4.78 is 32.3. The maximum absolute atomic E-state index is 13.4. The number of Topliss-reactive ketones (excluding diaryl/α,β-unsaturated/α-hetero) is 1. The second-order valence-electron chi connectivity index (χ2n) is 7.90. The molecule has 2 aromatic rings. The van der Waals surface area contributed by atoms with Crippen LogP contribution in [0.1, 0.15) is 41.7 Å². The molecule has 1 aliphatic heterocycles. The Morgan fingerprint density at radius 1 is 1.14 bits per heavy atom. The maximum Gasteiger partial charge on any atom is 0.410 e. The molecular formula is C22H22F2N2O3. The summed E-state index contributed by atoms with van der Waals surface area (Å²) in [4.78, 5) is 30.5. The van der Waals surface area contributed by atoms with Crippen LogP contribution in [0.2, 0.25) is 0 Å². The molecule has 0 N–H and O–H groups in total. The third kappa shape index (κ3) is 3.99. The molecule has 1 aliphatic carbocycles. The zero-order valence-electron chi connectivity index (χ0n) is 16.2. The Balaban J connectivity index is 1.42. The van der Waals surface area contributed by atoms with Gasteiger partial charge in [0.15, 0.2) is 5.78 Å². The first kappa shape index (κ1) is 19.5. The minimum atomic E-state index is -2.70. The normalized spacial score (nSPS) is 20.0. The fourth-order valence-corrected chi connectivity index (χ4v) is 4.04. The van der Waals surface area contributed by atoms with Gasteiger partial charge in [-0.1, -0.05) is 30.3 Å². The van der Waals surface area contributed by atoms with E-state index in [1.807, 2.05) is 31.2 Å². The van der Waals surface area contributed by atoms with E-state index in [1.54, 1.807) is 18.3 Å². The summed E-state index contributed by atoms with van der Waals surface area (Å²) in [6, 6.07) is 11.0. The number of hydrogen-bond donors (Lipinski definition) is 0. The molecule has 1 aromatic heterocycles. The van der Waals surface area contributed by atoms with Gasteiger partial charge in [0.05, 0.1) is 13.1 Å². The Kier molecular flexibility index (Phi) is 4.84. The Labute approximate surface area is 167 Å². The van der Waals surface area contributed by atoms with Crippen molar-refractivity contribution in [3.05, 3.63) is 53.9 Å². The molecule has 0 radical (unpaired) electrons. The highest BCUT2D eigenvalue weighted by molar-refractivity contribution is 5.99. The number of ketones is 1. The van der Waals surface area contributed by atoms with Crippen LogP contribution in [0.15, 0.2) is 42.6 Å². The third-order valence-corrected chi connectivity index (χ3v) is 5.79. The van der Waals surface area contributed by atoms with Crippen molar-refractivity contribution < 1.29 is 23.1 Å². The van der Waals surface area contributed by atoms with E-state index in [1.165, 1.54) is 4.90 Å². The van der Waals surface area contributed by atoms with E-state index in [2.05, 4.69) is 4.98 Å². The molecule has 2 fully saturated rings. The van der Waals surface area contributed by atoms with E-state index in [0.29, 0.717) is 5.56 Å². The highest BCUT2D eigenvalue weighted by Crippen LogP contribution is 2.43. The van der Waals surface area contributed by atoms with Gasteiger partial charge in [0.25, 0.3) is 0 Å². The van der Waals surface area contributed by atoms with Crippen molar-refractivity contribution in [2.75, 3.05) is 13.1 Å². The minimum absolute atomic E-state index is 0.121. The Bertz CT molecular complexity index is 933. The van der Waals surface area contributed by atoms with Crippen molar-refractivity contribution in [2.45, 2.75) is 44.1 Å². The van der Waals surface area contributed by atoms with E-state index < -0.39 is 17.6 Å². The molecule has 0 bridgehead atoms. The van der Waals surface area contributed by atoms with Gasteiger partial charge in [-0.25, -0.2) is 13.6 Å². The predicted molar refractivity (Wildman–Crippen MR) is 103 cm³/mol. The molecule has 5 nitrogen and oxygen atoms in total. The number of pyridine rings is 1. The van der Waals surface area contributed by atoms with Gasteiger partial charge in [0, 0.05) is 35.9 Å². The zero-order valence-corrected chi connectivity index (χ0v) is 16.2. The van der Waals surface area contributed by atoms with Crippen molar-refractivity contribution >= 4 is 11.9 Å². The Morgan fingerprint density at radius 2 is 1.83 bits per heavy atom. The van der Waals surface area contributed by atoms with E-state index in [9.17, 15) is 18.4 Å². The van der Waals surface area contributed by atoms with Crippen LogP contribution in [0.25, 0.3) is 11.1 Å². The van der Waals surface area contributed by atoms with Gasteiger partial charge in [0.1, 0.15) is 5.60 Å². The van der Waals surface area contributed by atoms with Crippen LogP contribution in [0.5, 0.6) is 0 Å². The monoisotopic (exact) mass is 400 g/mol. The van der Waals surface area contributed by atoms with Crippen LogP contribution in [0.4, 0.5) is 13.6 Å². The van der Waals surface area contributed by atoms with Crippen LogP contribution in [-0.2, 0) is 4.74 Å². The number of nitrogens with zero attached hydrogens (tertiary/aromatic N) is 2. The number of ether oxygens (including phenoxy) is 1. The lowest BCUT2D eigenvalue weighted by atomic mass is 9.82. The van der Waals surface area contributed by atoms with Gasteiger partial charge in [-0.05, 0) is 31.4 Å². The molecule has 0 atom stereocenters. The fraction of sp³-hybridized carbons (Fsp3) is 0.409. The smallest absolute Gasteiger partial charge is 0.410 e. The first-order valence-electron chi connectivity index (χ1n) is 9.68. The van der Waals surface area contributed by atoms with Crippen molar-refractivity contribution in [3.8, 4) is 11.1 Å². The van der Waals surface area contributed by atoms with Gasteiger partial charge in [0.2, 0.25) is 5.92 Å². The summed E-state index contributed by atoms with van der Waals surface area (Å²) in [7, 11) is 0. The molecule has 152 valence electrons. The largest absolute Gasteiger partial charge is 0.441 e. The number of aromatic nitrogens is 1. The molecule has 1 aromatic carbocycles. The van der Waals surface area contributed by atoms with Gasteiger partial charge < -0.3 is 4.74 Å². The number of carbonyl (C=O) groups excluding carboxylic acids is 2. The Hall–Kier alpha value is -2.83. The highest BCUT2D eigenvalue weighted by atomic mass is 19.3. The molecule has 0 unspecified atom stereocenters. The number of carbonyl (C=O) groups is 2. The molecule has 2 heterocycles. The standard InChI is InChI=1S/C22H22F2N2O3/c1-15-18(3-2-12-25-15)16-4-6-17(7-5-16)19(27)13-26-14-21(29-20(26)28)8-10-22(23,24)11-9-21/h2-7,12H,8-11,13-14H2,1H3. The molecule has 1 saturated heterocycles. The van der Waals surface area contributed by atoms with Crippen molar-refractivity contribution in [1.29, 1.82) is 0 Å². The van der Waals surface area contributed by atoms with Crippen LogP contribution in [-0.4, -0.2) is 46.4 Å². The lowest BCUT2D eigenvalue weighted by Gasteiger charge is -2.34. The molecule has 1 saturated carbocycles. The molecule has 4 rings (SSSR count). The number of aryl methyl sites for hydroxylation is 1. The summed E-state index contributed by atoms with van der Waals surface area (Å²) in [5.74, 6) is -2.91. The first-order valence-corrected chi connectivity index (χ1v) is 9.68. The number of alkyl halides is 2. The second kappa shape index (κ2) is 7.21. The average Bonchev–Trinajstić information content (AvgIpc) is 3.00. The molecule has 2 aliphatic rings. The van der Waals surface area contributed by atoms with E-state index in [-0.39, 0.29) is 44.6 Å². The maximum atomic E-state index is 13.4. The topological polar surface area (TPSA) is 59.5 Å². The summed E-state index contributed by atoms with van der Waals surface area (Å²) >= 11 is 0. The molecule has 7 heteroatoms. The molecule has 29 heavy (non-hydrogen) atoms. The van der Waals surface area contributed by atoms with E-state index in [4.69, 9.17) is 4.74 Å². The van der Waals surface area contributed by atoms with Crippen molar-refractivity contribution in [1.82, 2.24) is 9.88 Å². The highest BCUT2D eigenvalue weighted by Gasteiger charge is 2.51. The number of halogens is 2. The number of amides is 1. The van der Waals surface area contributed by atoms with Gasteiger partial charge >= 0.3 is 6.09 Å². The van der Waals surface area contributed by atoms with Crippen LogP contribution < -0.4 is 0 Å². The molecular weight excluding hydrogens is 378 g/mol. The third-order valence-electron chi connectivity index (χ3n) is 5.79. The summed E-state index contributed by atoms with van der Waals surface area (Å²) in [6.45, 7) is 1.98. The second-order valence-corrected chi connectivity index (χ2v) is 7.90. The zero-order chi connectivity index (χ0) is 20.6. The van der Waals surface area contributed by atoms with E-state index >= 15 is 0 Å². The lowest BCUT2D eigenvalue weighted by Crippen LogP contribution is -2.42. The van der Waals surface area contributed by atoms with Crippen LogP contribution in [0, 0.1) is 6.92 Å². The minimum Gasteiger partial charge on any atom is -0.441 e.